The largest absolute Gasteiger partial charge is 0.494 e. The first-order valence-electron chi connectivity index (χ1n) is 11.4. The molecule has 2 aliphatic heterocycles. The minimum Gasteiger partial charge on any atom is -0.494 e. The van der Waals surface area contributed by atoms with Gasteiger partial charge in [0, 0.05) is 19.9 Å². The smallest absolute Gasteiger partial charge is 0.354 e. The maximum atomic E-state index is 13.2. The summed E-state index contributed by atoms with van der Waals surface area (Å²) in [5, 5.41) is 2.62. The van der Waals surface area contributed by atoms with Crippen LogP contribution >= 0.6 is 0 Å². The molecule has 0 radical (unpaired) electrons. The van der Waals surface area contributed by atoms with E-state index in [0.717, 1.165) is 5.75 Å². The van der Waals surface area contributed by atoms with Gasteiger partial charge in [0.1, 0.15) is 18.1 Å². The lowest BCUT2D eigenvalue weighted by molar-refractivity contribution is -0.159. The average molecular weight is 482 g/mol. The van der Waals surface area contributed by atoms with Crippen molar-refractivity contribution in [3.05, 3.63) is 54.1 Å². The third-order valence-corrected chi connectivity index (χ3v) is 6.03. The molecule has 4 rings (SSSR count). The highest BCUT2D eigenvalue weighted by Crippen LogP contribution is 2.44. The highest BCUT2D eigenvalue weighted by Gasteiger charge is 2.60. The molecule has 1 unspecified atom stereocenters. The quantitative estimate of drug-likeness (QED) is 0.429. The lowest BCUT2D eigenvalue weighted by atomic mass is 9.97. The van der Waals surface area contributed by atoms with E-state index in [1.54, 1.807) is 48.5 Å². The molecule has 1 fully saturated rings. The number of esters is 1. The summed E-state index contributed by atoms with van der Waals surface area (Å²) >= 11 is 0. The number of nitrogens with zero attached hydrogens (tertiary/aromatic N) is 2. The molecule has 1 saturated heterocycles. The van der Waals surface area contributed by atoms with Gasteiger partial charge in [0.15, 0.2) is 6.61 Å². The number of fused-ring (bicyclic) bond motifs is 3. The van der Waals surface area contributed by atoms with Crippen LogP contribution < -0.4 is 19.7 Å². The molecule has 1 atom stereocenters. The van der Waals surface area contributed by atoms with E-state index in [1.165, 1.54) is 16.8 Å². The number of rotatable bonds is 9. The van der Waals surface area contributed by atoms with Crippen LogP contribution in [0.4, 0.5) is 5.69 Å². The standard InChI is InChI=1S/C25H27N3O7/c1-3-33-17-8-10-18(11-9-17)34-15-14-26-21(29)16-35-24(32)25-13-12-22(30)28(25)20-7-5-4-6-19(20)23(31)27(25)2/h4-11H,3,12-16H2,1-2H3,(H,26,29). The van der Waals surface area contributed by atoms with Crippen molar-refractivity contribution in [2.45, 2.75) is 25.4 Å². The highest BCUT2D eigenvalue weighted by atomic mass is 16.5. The van der Waals surface area contributed by atoms with Crippen LogP contribution in [0.2, 0.25) is 0 Å². The second-order valence-corrected chi connectivity index (χ2v) is 8.11. The number of para-hydroxylation sites is 1. The Labute approximate surface area is 202 Å². The molecule has 2 aliphatic rings. The normalized spacial score (nSPS) is 18.6. The molecule has 10 heteroatoms. The summed E-state index contributed by atoms with van der Waals surface area (Å²) in [7, 11) is 1.46. The Morgan fingerprint density at radius 1 is 1.03 bits per heavy atom. The van der Waals surface area contributed by atoms with E-state index in [-0.39, 0.29) is 37.8 Å². The molecule has 35 heavy (non-hydrogen) atoms. The fraction of sp³-hybridized carbons (Fsp3) is 0.360. The lowest BCUT2D eigenvalue weighted by Crippen LogP contribution is -2.67. The molecule has 0 spiro atoms. The fourth-order valence-corrected chi connectivity index (χ4v) is 4.35. The molecule has 1 N–H and O–H groups in total. The first-order valence-corrected chi connectivity index (χ1v) is 11.4. The zero-order chi connectivity index (χ0) is 25.0. The van der Waals surface area contributed by atoms with Crippen LogP contribution in [0.1, 0.15) is 30.1 Å². The van der Waals surface area contributed by atoms with Gasteiger partial charge in [-0.05, 0) is 43.3 Å². The number of likely N-dealkylation sites (N-methyl/N-ethyl adjacent to an activating group) is 1. The van der Waals surface area contributed by atoms with Crippen LogP contribution in [-0.2, 0) is 19.1 Å². The van der Waals surface area contributed by atoms with E-state index in [4.69, 9.17) is 14.2 Å². The monoisotopic (exact) mass is 481 g/mol. The predicted molar refractivity (Wildman–Crippen MR) is 125 cm³/mol. The number of anilines is 1. The van der Waals surface area contributed by atoms with Crippen molar-refractivity contribution < 1.29 is 33.4 Å². The molecular formula is C25H27N3O7. The third kappa shape index (κ3) is 4.51. The summed E-state index contributed by atoms with van der Waals surface area (Å²) in [6.07, 6.45) is 0.162. The molecule has 0 aliphatic carbocycles. The fourth-order valence-electron chi connectivity index (χ4n) is 4.35. The number of carbonyl (C=O) groups is 4. The van der Waals surface area contributed by atoms with E-state index in [9.17, 15) is 19.2 Å². The van der Waals surface area contributed by atoms with Crippen LogP contribution in [0.5, 0.6) is 11.5 Å². The van der Waals surface area contributed by atoms with E-state index in [2.05, 4.69) is 5.32 Å². The average Bonchev–Trinajstić information content (AvgIpc) is 3.23. The molecule has 2 aromatic carbocycles. The molecule has 0 aromatic heterocycles. The van der Waals surface area contributed by atoms with E-state index >= 15 is 0 Å². The van der Waals surface area contributed by atoms with Crippen molar-refractivity contribution in [1.29, 1.82) is 0 Å². The van der Waals surface area contributed by atoms with Crippen LogP contribution in [0.3, 0.4) is 0 Å². The molecular weight excluding hydrogens is 454 g/mol. The summed E-state index contributed by atoms with van der Waals surface area (Å²) in [6.45, 7) is 2.35. The Morgan fingerprint density at radius 3 is 2.43 bits per heavy atom. The second-order valence-electron chi connectivity index (χ2n) is 8.11. The molecule has 2 heterocycles. The predicted octanol–water partition coefficient (Wildman–Crippen LogP) is 1.73. The number of amides is 3. The van der Waals surface area contributed by atoms with Gasteiger partial charge in [-0.1, -0.05) is 12.1 Å². The Kier molecular flexibility index (Phi) is 6.90. The van der Waals surface area contributed by atoms with Gasteiger partial charge in [0.2, 0.25) is 11.6 Å². The summed E-state index contributed by atoms with van der Waals surface area (Å²) in [5.41, 5.74) is -0.913. The van der Waals surface area contributed by atoms with E-state index in [1.807, 2.05) is 6.92 Å². The molecule has 3 amide bonds. The van der Waals surface area contributed by atoms with Gasteiger partial charge in [0.25, 0.3) is 11.8 Å². The zero-order valence-corrected chi connectivity index (χ0v) is 19.6. The van der Waals surface area contributed by atoms with Crippen molar-refractivity contribution >= 4 is 29.4 Å². The van der Waals surface area contributed by atoms with Crippen molar-refractivity contribution in [1.82, 2.24) is 10.2 Å². The summed E-state index contributed by atoms with van der Waals surface area (Å²) in [4.78, 5) is 53.6. The first-order chi connectivity index (χ1) is 16.9. The third-order valence-electron chi connectivity index (χ3n) is 6.03. The van der Waals surface area contributed by atoms with Crippen LogP contribution in [0, 0.1) is 0 Å². The van der Waals surface area contributed by atoms with Crippen LogP contribution in [0.15, 0.2) is 48.5 Å². The van der Waals surface area contributed by atoms with Gasteiger partial charge >= 0.3 is 5.97 Å². The number of hydrogen-bond donors (Lipinski definition) is 1. The molecule has 0 bridgehead atoms. The van der Waals surface area contributed by atoms with Gasteiger partial charge in [-0.25, -0.2) is 4.79 Å². The van der Waals surface area contributed by atoms with Crippen molar-refractivity contribution in [2.24, 2.45) is 0 Å². The summed E-state index contributed by atoms with van der Waals surface area (Å²) in [6, 6.07) is 13.7. The molecule has 184 valence electrons. The minimum absolute atomic E-state index is 0.0795. The van der Waals surface area contributed by atoms with E-state index in [0.29, 0.717) is 23.6 Å². The number of benzene rings is 2. The topological polar surface area (TPSA) is 114 Å². The van der Waals surface area contributed by atoms with Crippen molar-refractivity contribution in [2.75, 3.05) is 38.3 Å². The Bertz CT molecular complexity index is 1130. The highest BCUT2D eigenvalue weighted by molar-refractivity contribution is 6.15. The first kappa shape index (κ1) is 24.1. The van der Waals surface area contributed by atoms with Crippen molar-refractivity contribution in [3.8, 4) is 11.5 Å². The van der Waals surface area contributed by atoms with E-state index < -0.39 is 24.1 Å². The van der Waals surface area contributed by atoms with Gasteiger partial charge in [-0.3, -0.25) is 19.3 Å². The zero-order valence-electron chi connectivity index (χ0n) is 19.6. The molecule has 0 saturated carbocycles. The Morgan fingerprint density at radius 2 is 1.71 bits per heavy atom. The van der Waals surface area contributed by atoms with Gasteiger partial charge in [-0.2, -0.15) is 0 Å². The van der Waals surface area contributed by atoms with Gasteiger partial charge < -0.3 is 24.4 Å². The number of hydrogen-bond acceptors (Lipinski definition) is 7. The second kappa shape index (κ2) is 10.0. The lowest BCUT2D eigenvalue weighted by Gasteiger charge is -2.46. The SMILES string of the molecule is CCOc1ccc(OCCNC(=O)COC(=O)C23CCC(=O)N2c2ccccc2C(=O)N3C)cc1. The molecule has 10 nitrogen and oxygen atoms in total. The molecule has 2 aromatic rings. The maximum Gasteiger partial charge on any atom is 0.354 e. The van der Waals surface area contributed by atoms with Crippen LogP contribution in [0.25, 0.3) is 0 Å². The number of carbonyl (C=O) groups excluding carboxylic acids is 4. The maximum absolute atomic E-state index is 13.2. The van der Waals surface area contributed by atoms with Crippen LogP contribution in [-0.4, -0.2) is 67.7 Å². The van der Waals surface area contributed by atoms with Gasteiger partial charge in [-0.15, -0.1) is 0 Å². The van der Waals surface area contributed by atoms with Crippen molar-refractivity contribution in [3.63, 3.8) is 0 Å². The summed E-state index contributed by atoms with van der Waals surface area (Å²) in [5.74, 6) is -0.653. The minimum atomic E-state index is -1.61. The summed E-state index contributed by atoms with van der Waals surface area (Å²) < 4.78 is 16.2. The Balaban J connectivity index is 1.32. The number of ether oxygens (including phenoxy) is 3. The number of nitrogens with one attached hydrogen (secondary N) is 1. The van der Waals surface area contributed by atoms with Gasteiger partial charge in [0.05, 0.1) is 24.4 Å². The Hall–Kier alpha value is -4.08.